The fourth-order valence-corrected chi connectivity index (χ4v) is 1.36. The van der Waals surface area contributed by atoms with Crippen LogP contribution in [0.1, 0.15) is 11.3 Å². The van der Waals surface area contributed by atoms with Gasteiger partial charge in [0.1, 0.15) is 11.6 Å². The predicted molar refractivity (Wildman–Crippen MR) is 57.0 cm³/mol. The average molecular weight is 223 g/mol. The maximum atomic E-state index is 13.2. The summed E-state index contributed by atoms with van der Waals surface area (Å²) in [6.45, 7) is 2.05. The van der Waals surface area contributed by atoms with Crippen LogP contribution in [0.15, 0.2) is 24.4 Å². The highest BCUT2D eigenvalue weighted by Gasteiger charge is 2.04. The number of benzene rings is 1. The van der Waals surface area contributed by atoms with Crippen molar-refractivity contribution in [2.45, 2.75) is 13.5 Å². The van der Waals surface area contributed by atoms with E-state index in [1.165, 1.54) is 0 Å². The number of imidazole rings is 1. The molecule has 2 N–H and O–H groups in total. The quantitative estimate of drug-likeness (QED) is 0.839. The molecule has 0 atom stereocenters. The van der Waals surface area contributed by atoms with Crippen molar-refractivity contribution in [3.63, 3.8) is 0 Å². The largest absolute Gasteiger partial charge is 0.352 e. The molecule has 16 heavy (non-hydrogen) atoms. The number of halogens is 2. The van der Waals surface area contributed by atoms with Crippen molar-refractivity contribution >= 4 is 5.95 Å². The monoisotopic (exact) mass is 223 g/mol. The van der Waals surface area contributed by atoms with E-state index in [9.17, 15) is 8.78 Å². The minimum Gasteiger partial charge on any atom is -0.352 e. The maximum Gasteiger partial charge on any atom is 0.200 e. The Labute approximate surface area is 91.5 Å². The van der Waals surface area contributed by atoms with Gasteiger partial charge in [0, 0.05) is 24.0 Å². The predicted octanol–water partition coefficient (Wildman–Crippen LogP) is 2.61. The Morgan fingerprint density at radius 1 is 1.38 bits per heavy atom. The Kier molecular flexibility index (Phi) is 2.85. The SMILES string of the molecule is Cc1cnc(NCc2cc(F)ccc2F)[nH]1. The van der Waals surface area contributed by atoms with Crippen LogP contribution in [0, 0.1) is 18.6 Å². The Morgan fingerprint density at radius 3 is 2.88 bits per heavy atom. The molecule has 0 bridgehead atoms. The third-order valence-electron chi connectivity index (χ3n) is 2.16. The Balaban J connectivity index is 2.07. The molecule has 0 saturated heterocycles. The summed E-state index contributed by atoms with van der Waals surface area (Å²) in [6.07, 6.45) is 1.66. The minimum absolute atomic E-state index is 0.191. The molecule has 1 aromatic carbocycles. The lowest BCUT2D eigenvalue weighted by Crippen LogP contribution is -2.03. The van der Waals surface area contributed by atoms with Crippen LogP contribution in [0.3, 0.4) is 0 Å². The number of hydrogen-bond acceptors (Lipinski definition) is 2. The van der Waals surface area contributed by atoms with Crippen LogP contribution in [-0.4, -0.2) is 9.97 Å². The second-order valence-corrected chi connectivity index (χ2v) is 3.50. The summed E-state index contributed by atoms with van der Waals surface area (Å²) >= 11 is 0. The molecular formula is C11H11F2N3. The second kappa shape index (κ2) is 4.30. The summed E-state index contributed by atoms with van der Waals surface area (Å²) in [5, 5.41) is 2.88. The van der Waals surface area contributed by atoms with Gasteiger partial charge in [0.15, 0.2) is 0 Å². The molecule has 1 aromatic heterocycles. The van der Waals surface area contributed by atoms with Crippen LogP contribution in [0.2, 0.25) is 0 Å². The molecule has 5 heteroatoms. The lowest BCUT2D eigenvalue weighted by atomic mass is 10.2. The molecule has 3 nitrogen and oxygen atoms in total. The van der Waals surface area contributed by atoms with Gasteiger partial charge in [-0.2, -0.15) is 0 Å². The summed E-state index contributed by atoms with van der Waals surface area (Å²) in [4.78, 5) is 6.94. The fourth-order valence-electron chi connectivity index (χ4n) is 1.36. The first kappa shape index (κ1) is 10.6. The molecule has 1 heterocycles. The van der Waals surface area contributed by atoms with Crippen molar-refractivity contribution < 1.29 is 8.78 Å². The van der Waals surface area contributed by atoms with Crippen molar-refractivity contribution in [1.82, 2.24) is 9.97 Å². The fraction of sp³-hybridized carbons (Fsp3) is 0.182. The topological polar surface area (TPSA) is 40.7 Å². The zero-order chi connectivity index (χ0) is 11.5. The van der Waals surface area contributed by atoms with Crippen molar-refractivity contribution in [1.29, 1.82) is 0 Å². The van der Waals surface area contributed by atoms with E-state index >= 15 is 0 Å². The van der Waals surface area contributed by atoms with E-state index in [1.807, 2.05) is 6.92 Å². The average Bonchev–Trinajstić information content (AvgIpc) is 2.66. The Morgan fingerprint density at radius 2 is 2.19 bits per heavy atom. The molecule has 0 aliphatic carbocycles. The van der Waals surface area contributed by atoms with Gasteiger partial charge in [-0.25, -0.2) is 13.8 Å². The normalized spacial score (nSPS) is 10.4. The van der Waals surface area contributed by atoms with E-state index in [-0.39, 0.29) is 12.1 Å². The van der Waals surface area contributed by atoms with Crippen molar-refractivity contribution in [3.8, 4) is 0 Å². The van der Waals surface area contributed by atoms with Crippen LogP contribution >= 0.6 is 0 Å². The first-order chi connectivity index (χ1) is 7.65. The van der Waals surface area contributed by atoms with Crippen molar-refractivity contribution in [2.24, 2.45) is 0 Å². The number of rotatable bonds is 3. The van der Waals surface area contributed by atoms with Crippen molar-refractivity contribution in [3.05, 3.63) is 47.3 Å². The number of nitrogens with zero attached hydrogens (tertiary/aromatic N) is 1. The first-order valence-corrected chi connectivity index (χ1v) is 4.84. The number of hydrogen-bond donors (Lipinski definition) is 2. The summed E-state index contributed by atoms with van der Waals surface area (Å²) < 4.78 is 26.1. The lowest BCUT2D eigenvalue weighted by Gasteiger charge is -2.04. The molecule has 2 aromatic rings. The highest BCUT2D eigenvalue weighted by molar-refractivity contribution is 5.29. The molecule has 0 saturated carbocycles. The van der Waals surface area contributed by atoms with Crippen molar-refractivity contribution in [2.75, 3.05) is 5.32 Å². The van der Waals surface area contributed by atoms with Gasteiger partial charge in [-0.1, -0.05) is 0 Å². The third-order valence-corrected chi connectivity index (χ3v) is 2.16. The van der Waals surface area contributed by atoms with Gasteiger partial charge in [0.25, 0.3) is 0 Å². The van der Waals surface area contributed by atoms with Crippen LogP contribution in [0.4, 0.5) is 14.7 Å². The molecule has 0 amide bonds. The summed E-state index contributed by atoms with van der Waals surface area (Å²) in [6, 6.07) is 3.37. The molecule has 0 spiro atoms. The molecule has 0 fully saturated rings. The van der Waals surface area contributed by atoms with Gasteiger partial charge in [-0.15, -0.1) is 0 Å². The van der Waals surface area contributed by atoms with Gasteiger partial charge in [0.2, 0.25) is 5.95 Å². The smallest absolute Gasteiger partial charge is 0.200 e. The molecule has 0 aliphatic rings. The molecule has 84 valence electrons. The molecule has 2 rings (SSSR count). The van der Waals surface area contributed by atoms with Crippen LogP contribution in [0.5, 0.6) is 0 Å². The Bertz CT molecular complexity index is 494. The summed E-state index contributed by atoms with van der Waals surface area (Å²) in [5.41, 5.74) is 1.18. The highest BCUT2D eigenvalue weighted by Crippen LogP contribution is 2.11. The number of aromatic nitrogens is 2. The zero-order valence-electron chi connectivity index (χ0n) is 8.72. The van der Waals surface area contributed by atoms with Gasteiger partial charge in [0.05, 0.1) is 0 Å². The number of nitrogens with one attached hydrogen (secondary N) is 2. The van der Waals surface area contributed by atoms with E-state index in [0.29, 0.717) is 5.95 Å². The van der Waals surface area contributed by atoms with E-state index in [4.69, 9.17) is 0 Å². The maximum absolute atomic E-state index is 13.2. The van der Waals surface area contributed by atoms with Gasteiger partial charge in [-0.05, 0) is 25.1 Å². The number of aryl methyl sites for hydroxylation is 1. The lowest BCUT2D eigenvalue weighted by molar-refractivity contribution is 0.587. The zero-order valence-corrected chi connectivity index (χ0v) is 8.72. The van der Waals surface area contributed by atoms with Gasteiger partial charge in [-0.3, -0.25) is 0 Å². The highest BCUT2D eigenvalue weighted by atomic mass is 19.1. The summed E-state index contributed by atoms with van der Waals surface area (Å²) in [7, 11) is 0. The molecule has 0 radical (unpaired) electrons. The van der Waals surface area contributed by atoms with Gasteiger partial charge >= 0.3 is 0 Å². The first-order valence-electron chi connectivity index (χ1n) is 4.84. The standard InChI is InChI=1S/C11H11F2N3/c1-7-5-14-11(16-7)15-6-8-4-9(12)2-3-10(8)13/h2-5H,6H2,1H3,(H2,14,15,16). The van der Waals surface area contributed by atoms with E-state index < -0.39 is 11.6 Å². The van der Waals surface area contributed by atoms with E-state index in [1.54, 1.807) is 6.20 Å². The van der Waals surface area contributed by atoms with E-state index in [0.717, 1.165) is 23.9 Å². The third kappa shape index (κ3) is 2.36. The summed E-state index contributed by atoms with van der Waals surface area (Å²) in [5.74, 6) is -0.341. The van der Waals surface area contributed by atoms with Crippen LogP contribution in [0.25, 0.3) is 0 Å². The minimum atomic E-state index is -0.450. The number of anilines is 1. The number of H-pyrrole nitrogens is 1. The molecule has 0 aliphatic heterocycles. The second-order valence-electron chi connectivity index (χ2n) is 3.50. The molecular weight excluding hydrogens is 212 g/mol. The van der Waals surface area contributed by atoms with Crippen LogP contribution in [-0.2, 0) is 6.54 Å². The number of aromatic amines is 1. The van der Waals surface area contributed by atoms with Crippen LogP contribution < -0.4 is 5.32 Å². The molecule has 0 unspecified atom stereocenters. The van der Waals surface area contributed by atoms with E-state index in [2.05, 4.69) is 15.3 Å². The van der Waals surface area contributed by atoms with Gasteiger partial charge < -0.3 is 10.3 Å². The Hall–Kier alpha value is -1.91.